The van der Waals surface area contributed by atoms with Crippen LogP contribution >= 0.6 is 0 Å². The van der Waals surface area contributed by atoms with Gasteiger partial charge in [0.25, 0.3) is 0 Å². The maximum atomic E-state index is 10.1. The van der Waals surface area contributed by atoms with Gasteiger partial charge < -0.3 is 10.2 Å². The van der Waals surface area contributed by atoms with E-state index in [0.29, 0.717) is 5.56 Å². The first-order valence-corrected chi connectivity index (χ1v) is 8.43. The van der Waals surface area contributed by atoms with Crippen molar-refractivity contribution in [2.75, 3.05) is 31.1 Å². The summed E-state index contributed by atoms with van der Waals surface area (Å²) in [6.07, 6.45) is 1.84. The first-order chi connectivity index (χ1) is 12.6. The van der Waals surface area contributed by atoms with Crippen LogP contribution in [0.25, 0.3) is 16.2 Å². The number of rotatable bonds is 2. The predicted molar refractivity (Wildman–Crippen MR) is 105 cm³/mol. The topological polar surface area (TPSA) is 73.4 Å². The molecule has 0 saturated carbocycles. The van der Waals surface area contributed by atoms with Gasteiger partial charge in [-0.1, -0.05) is 12.1 Å². The quantitative estimate of drug-likeness (QED) is 0.245. The molecule has 0 atom stereocenters. The number of piperazine rings is 1. The van der Waals surface area contributed by atoms with Gasteiger partial charge in [0.2, 0.25) is 5.69 Å². The van der Waals surface area contributed by atoms with Gasteiger partial charge in [0.05, 0.1) is 5.52 Å². The minimum absolute atomic E-state index is 0. The van der Waals surface area contributed by atoms with Crippen molar-refractivity contribution >= 4 is 22.3 Å². The molecule has 0 unspecified atom stereocenters. The van der Waals surface area contributed by atoms with E-state index >= 15 is 0 Å². The summed E-state index contributed by atoms with van der Waals surface area (Å²) in [6, 6.07) is 16.7. The fraction of sp³-hybridized carbons (Fsp3) is 0.200. The van der Waals surface area contributed by atoms with E-state index in [0.717, 1.165) is 31.7 Å². The van der Waals surface area contributed by atoms with Crippen molar-refractivity contribution in [2.45, 2.75) is 0 Å². The number of pyridine rings is 1. The molecule has 2 aromatic carbocycles. The number of nitro benzene ring substituents is 1. The minimum Gasteiger partial charge on any atom is -0.659 e. The number of aromatic nitrogens is 1. The number of anilines is 1. The van der Waals surface area contributed by atoms with Crippen molar-refractivity contribution in [3.05, 3.63) is 88.7 Å². The summed E-state index contributed by atoms with van der Waals surface area (Å²) in [4.78, 5) is 16.5. The molecule has 143 valence electrons. The number of hydrogen-bond acceptors (Lipinski definition) is 4. The molecule has 1 fully saturated rings. The Balaban J connectivity index is 0.000000288. The van der Waals surface area contributed by atoms with Gasteiger partial charge in [0.1, 0.15) is 0 Å². The first-order valence-electron chi connectivity index (χ1n) is 8.43. The number of fused-ring (bicyclic) bond motifs is 1. The normalized spacial score (nSPS) is 12.8. The third kappa shape index (κ3) is 6.63. The first kappa shape index (κ1) is 24.7. The molecule has 28 heavy (non-hydrogen) atoms. The molecular formula is C20H20N4O2WY-2. The van der Waals surface area contributed by atoms with Crippen molar-refractivity contribution in [3.63, 3.8) is 0 Å². The summed E-state index contributed by atoms with van der Waals surface area (Å²) in [5.41, 5.74) is 3.12. The van der Waals surface area contributed by atoms with Crippen molar-refractivity contribution in [2.24, 2.45) is 0 Å². The van der Waals surface area contributed by atoms with Gasteiger partial charge in [-0.05, 0) is 43.4 Å². The summed E-state index contributed by atoms with van der Waals surface area (Å²) in [7, 11) is 0. The second kappa shape index (κ2) is 12.3. The van der Waals surface area contributed by atoms with Crippen LogP contribution in [-0.4, -0.2) is 36.1 Å². The fourth-order valence-electron chi connectivity index (χ4n) is 2.88. The van der Waals surface area contributed by atoms with Crippen molar-refractivity contribution < 1.29 is 58.7 Å². The van der Waals surface area contributed by atoms with Gasteiger partial charge in [-0.3, -0.25) is 15.1 Å². The molecule has 1 radical (unpaired) electrons. The largest absolute Gasteiger partial charge is 0.659 e. The molecule has 6 nitrogen and oxygen atoms in total. The zero-order valence-electron chi connectivity index (χ0n) is 15.4. The van der Waals surface area contributed by atoms with Crippen LogP contribution in [0.1, 0.15) is 5.56 Å². The second-order valence-corrected chi connectivity index (χ2v) is 5.93. The Labute approximate surface area is 204 Å². The van der Waals surface area contributed by atoms with Crippen LogP contribution in [0, 0.1) is 17.0 Å². The third-order valence-electron chi connectivity index (χ3n) is 4.14. The summed E-state index contributed by atoms with van der Waals surface area (Å²) in [5, 5.41) is 15.7. The van der Waals surface area contributed by atoms with Crippen LogP contribution < -0.4 is 4.90 Å². The van der Waals surface area contributed by atoms with E-state index in [4.69, 9.17) is 0 Å². The number of nitrogens with zero attached hydrogens (tertiary/aromatic N) is 4. The predicted octanol–water partition coefficient (Wildman–Crippen LogP) is 4.20. The zero-order chi connectivity index (χ0) is 18.4. The average Bonchev–Trinajstić information content (AvgIpc) is 2.69. The SMILES string of the molecule is [CH2-]c1cccc([N+](=O)[O-])c1.[W].[Y].c1cc(N2CC[N-]CC2)c2cccnc2c1. The van der Waals surface area contributed by atoms with Crippen LogP contribution in [0.3, 0.4) is 0 Å². The molecule has 1 aliphatic heterocycles. The molecule has 1 saturated heterocycles. The molecule has 0 spiro atoms. The van der Waals surface area contributed by atoms with E-state index in [1.54, 1.807) is 12.1 Å². The molecular weight excluding hydrogens is 601 g/mol. The summed E-state index contributed by atoms with van der Waals surface area (Å²) in [6.45, 7) is 7.49. The molecule has 0 bridgehead atoms. The molecule has 8 heteroatoms. The maximum absolute atomic E-state index is 10.1. The number of benzene rings is 2. The Morgan fingerprint density at radius 1 is 1.07 bits per heavy atom. The summed E-state index contributed by atoms with van der Waals surface area (Å²) in [5.74, 6) is 0. The Hall–Kier alpha value is -1.33. The van der Waals surface area contributed by atoms with E-state index in [-0.39, 0.29) is 59.5 Å². The van der Waals surface area contributed by atoms with Crippen LogP contribution in [0.4, 0.5) is 11.4 Å². The third-order valence-corrected chi connectivity index (χ3v) is 4.14. The Morgan fingerprint density at radius 2 is 1.79 bits per heavy atom. The molecule has 1 aliphatic rings. The molecule has 1 aromatic heterocycles. The average molecular weight is 621 g/mol. The monoisotopic (exact) mass is 621 g/mol. The van der Waals surface area contributed by atoms with E-state index in [2.05, 4.69) is 46.4 Å². The van der Waals surface area contributed by atoms with Gasteiger partial charge in [0.15, 0.2) is 0 Å². The zero-order valence-corrected chi connectivity index (χ0v) is 21.2. The van der Waals surface area contributed by atoms with Gasteiger partial charge in [0, 0.05) is 76.0 Å². The van der Waals surface area contributed by atoms with Gasteiger partial charge in [-0.25, -0.2) is 0 Å². The molecule has 3 aromatic rings. The fourth-order valence-corrected chi connectivity index (χ4v) is 2.88. The molecule has 0 N–H and O–H groups in total. The van der Waals surface area contributed by atoms with E-state index in [1.807, 2.05) is 12.3 Å². The smallest absolute Gasteiger partial charge is 0.216 e. The van der Waals surface area contributed by atoms with Crippen molar-refractivity contribution in [3.8, 4) is 0 Å². The van der Waals surface area contributed by atoms with E-state index < -0.39 is 4.92 Å². The summed E-state index contributed by atoms with van der Waals surface area (Å²) < 4.78 is 0. The standard InChI is InChI=1S/C13H14N3.C7H6NO2.W.Y/c1-4-12-11(3-2-6-15-12)13(5-1)16-9-7-14-8-10-16;1-6-3-2-4-7(5-6)8(9)10;;/h1-6H,7-10H2;2-5H,1H2;;/q2*-1;;. The Bertz CT molecular complexity index is 899. The maximum Gasteiger partial charge on any atom is 0.216 e. The van der Waals surface area contributed by atoms with Crippen LogP contribution in [0.15, 0.2) is 60.8 Å². The minimum atomic E-state index is -0.436. The second-order valence-electron chi connectivity index (χ2n) is 5.93. The summed E-state index contributed by atoms with van der Waals surface area (Å²) >= 11 is 0. The van der Waals surface area contributed by atoms with Crippen molar-refractivity contribution in [1.82, 2.24) is 4.98 Å². The molecule has 2 heterocycles. The molecule has 0 aliphatic carbocycles. The van der Waals surface area contributed by atoms with Crippen LogP contribution in [0.5, 0.6) is 0 Å². The number of hydrogen-bond donors (Lipinski definition) is 0. The van der Waals surface area contributed by atoms with Crippen molar-refractivity contribution in [1.29, 1.82) is 0 Å². The van der Waals surface area contributed by atoms with Crippen LogP contribution in [0.2, 0.25) is 0 Å². The molecule has 4 rings (SSSR count). The van der Waals surface area contributed by atoms with Gasteiger partial charge >= 0.3 is 0 Å². The van der Waals surface area contributed by atoms with Gasteiger partial charge in [-0.2, -0.15) is 18.6 Å². The Kier molecular flexibility index (Phi) is 10.8. The molecule has 0 amide bonds. The number of non-ortho nitro benzene ring substituents is 1. The Morgan fingerprint density at radius 3 is 2.43 bits per heavy atom. The van der Waals surface area contributed by atoms with Crippen LogP contribution in [-0.2, 0) is 53.8 Å². The van der Waals surface area contributed by atoms with E-state index in [1.165, 1.54) is 23.2 Å². The number of nitro groups is 1. The van der Waals surface area contributed by atoms with E-state index in [9.17, 15) is 10.1 Å². The van der Waals surface area contributed by atoms with Gasteiger partial charge in [-0.15, -0.1) is 19.2 Å².